The summed E-state index contributed by atoms with van der Waals surface area (Å²) >= 11 is 1.36. The highest BCUT2D eigenvalue weighted by Gasteiger charge is 2.16. The first-order chi connectivity index (χ1) is 10.6. The molecule has 3 rings (SSSR count). The zero-order valence-electron chi connectivity index (χ0n) is 11.9. The van der Waals surface area contributed by atoms with Crippen LogP contribution in [-0.4, -0.2) is 16.0 Å². The minimum absolute atomic E-state index is 0.115. The third-order valence-electron chi connectivity index (χ3n) is 3.13. The van der Waals surface area contributed by atoms with Crippen molar-refractivity contribution in [1.29, 1.82) is 0 Å². The number of carbonyl (C=O) groups excluding carboxylic acids is 1. The highest BCUT2D eigenvalue weighted by Crippen LogP contribution is 2.28. The minimum Gasteiger partial charge on any atom is -0.508 e. The fraction of sp³-hybridized carbons (Fsp3) is 0.0588. The number of nitrogens with one attached hydrogen (secondary N) is 1. The van der Waals surface area contributed by atoms with Gasteiger partial charge in [0.05, 0.1) is 5.69 Å². The Bertz CT molecular complexity index is 813. The number of hydrogen-bond acceptors (Lipinski definition) is 4. The van der Waals surface area contributed by atoms with Crippen LogP contribution in [0.4, 0.5) is 5.69 Å². The number of benzene rings is 2. The van der Waals surface area contributed by atoms with Crippen LogP contribution >= 0.6 is 11.3 Å². The summed E-state index contributed by atoms with van der Waals surface area (Å²) < 4.78 is 0. The molecule has 0 atom stereocenters. The molecule has 0 saturated carbocycles. The fourth-order valence-corrected chi connectivity index (χ4v) is 3.05. The third kappa shape index (κ3) is 2.99. The Kier molecular flexibility index (Phi) is 3.89. The van der Waals surface area contributed by atoms with Gasteiger partial charge in [0.1, 0.15) is 15.6 Å². The van der Waals surface area contributed by atoms with Crippen molar-refractivity contribution >= 4 is 22.9 Å². The van der Waals surface area contributed by atoms with Crippen molar-refractivity contribution in [2.45, 2.75) is 6.92 Å². The molecule has 22 heavy (non-hydrogen) atoms. The first kappa shape index (κ1) is 14.3. The Morgan fingerprint density at radius 1 is 1.14 bits per heavy atom. The molecule has 0 aliphatic rings. The third-order valence-corrected chi connectivity index (χ3v) is 4.33. The second kappa shape index (κ2) is 5.99. The number of phenolic OH excluding ortho intramolecular Hbond substituents is 1. The number of aromatic hydroxyl groups is 1. The molecular weight excluding hydrogens is 296 g/mol. The Morgan fingerprint density at radius 3 is 2.64 bits per heavy atom. The van der Waals surface area contributed by atoms with E-state index in [1.807, 2.05) is 37.3 Å². The average Bonchev–Trinajstić information content (AvgIpc) is 2.90. The summed E-state index contributed by atoms with van der Waals surface area (Å²) in [5, 5.41) is 13.0. The molecule has 1 aromatic heterocycles. The van der Waals surface area contributed by atoms with Crippen molar-refractivity contribution in [2.75, 3.05) is 5.32 Å². The molecule has 0 radical (unpaired) electrons. The highest BCUT2D eigenvalue weighted by atomic mass is 32.1. The molecular formula is C17H14N2O2S. The average molecular weight is 310 g/mol. The van der Waals surface area contributed by atoms with Crippen LogP contribution in [0.2, 0.25) is 0 Å². The summed E-state index contributed by atoms with van der Waals surface area (Å²) in [5.41, 5.74) is 2.24. The maximum atomic E-state index is 12.4. The number of hydrogen-bond donors (Lipinski definition) is 2. The van der Waals surface area contributed by atoms with Gasteiger partial charge in [-0.15, -0.1) is 11.3 Å². The number of amides is 1. The summed E-state index contributed by atoms with van der Waals surface area (Å²) in [6.45, 7) is 1.82. The molecule has 3 aromatic rings. The lowest BCUT2D eigenvalue weighted by atomic mass is 10.2. The van der Waals surface area contributed by atoms with E-state index in [1.54, 1.807) is 18.2 Å². The van der Waals surface area contributed by atoms with Crippen molar-refractivity contribution < 1.29 is 9.90 Å². The number of carbonyl (C=O) groups is 1. The monoisotopic (exact) mass is 310 g/mol. The van der Waals surface area contributed by atoms with Crippen molar-refractivity contribution in [3.63, 3.8) is 0 Å². The van der Waals surface area contributed by atoms with Crippen LogP contribution in [0.15, 0.2) is 54.6 Å². The van der Waals surface area contributed by atoms with Gasteiger partial charge in [-0.2, -0.15) is 0 Å². The second-order valence-corrected chi connectivity index (χ2v) is 5.80. The van der Waals surface area contributed by atoms with Gasteiger partial charge in [0, 0.05) is 17.3 Å². The van der Waals surface area contributed by atoms with Crippen LogP contribution in [0.5, 0.6) is 5.75 Å². The number of phenols is 1. The van der Waals surface area contributed by atoms with Crippen LogP contribution in [-0.2, 0) is 0 Å². The van der Waals surface area contributed by atoms with Crippen LogP contribution in [0, 0.1) is 6.92 Å². The summed E-state index contributed by atoms with van der Waals surface area (Å²) in [4.78, 5) is 17.4. The van der Waals surface area contributed by atoms with Gasteiger partial charge < -0.3 is 10.4 Å². The topological polar surface area (TPSA) is 62.2 Å². The SMILES string of the molecule is Cc1nc(-c2ccccc2)sc1C(=O)Nc1cccc(O)c1. The number of aromatic nitrogens is 1. The maximum absolute atomic E-state index is 12.4. The standard InChI is InChI=1S/C17H14N2O2S/c1-11-15(16(21)19-13-8-5-9-14(20)10-13)22-17(18-11)12-6-3-2-4-7-12/h2-10,20H,1H3,(H,19,21). The molecule has 0 bridgehead atoms. The molecule has 0 aliphatic heterocycles. The number of thiazole rings is 1. The second-order valence-electron chi connectivity index (χ2n) is 4.80. The number of rotatable bonds is 3. The molecule has 4 nitrogen and oxygen atoms in total. The molecule has 2 N–H and O–H groups in total. The van der Waals surface area contributed by atoms with Crippen molar-refractivity contribution in [2.24, 2.45) is 0 Å². The molecule has 1 amide bonds. The molecule has 0 unspecified atom stereocenters. The zero-order valence-corrected chi connectivity index (χ0v) is 12.7. The van der Waals surface area contributed by atoms with Crippen molar-refractivity contribution in [1.82, 2.24) is 4.98 Å². The van der Waals surface area contributed by atoms with Gasteiger partial charge >= 0.3 is 0 Å². The predicted molar refractivity (Wildman–Crippen MR) is 88.3 cm³/mol. The fourth-order valence-electron chi connectivity index (χ4n) is 2.08. The minimum atomic E-state index is -0.220. The van der Waals surface area contributed by atoms with E-state index in [2.05, 4.69) is 10.3 Å². The van der Waals surface area contributed by atoms with Gasteiger partial charge in [0.25, 0.3) is 5.91 Å². The Hall–Kier alpha value is -2.66. The van der Waals surface area contributed by atoms with E-state index in [0.29, 0.717) is 16.3 Å². The molecule has 0 aliphatic carbocycles. The normalized spacial score (nSPS) is 10.4. The quantitative estimate of drug-likeness (QED) is 0.766. The summed E-state index contributed by atoms with van der Waals surface area (Å²) in [7, 11) is 0. The van der Waals surface area contributed by atoms with Gasteiger partial charge in [-0.05, 0) is 19.1 Å². The van der Waals surface area contributed by atoms with Gasteiger partial charge in [-0.3, -0.25) is 4.79 Å². The number of anilines is 1. The van der Waals surface area contributed by atoms with Crippen molar-refractivity contribution in [3.8, 4) is 16.3 Å². The van der Waals surface area contributed by atoms with E-state index in [-0.39, 0.29) is 11.7 Å². The molecule has 0 fully saturated rings. The van der Waals surface area contributed by atoms with E-state index in [9.17, 15) is 9.90 Å². The van der Waals surface area contributed by atoms with Crippen LogP contribution in [0.25, 0.3) is 10.6 Å². The van der Waals surface area contributed by atoms with Gasteiger partial charge in [0.15, 0.2) is 0 Å². The summed E-state index contributed by atoms with van der Waals surface area (Å²) in [6.07, 6.45) is 0. The first-order valence-corrected chi connectivity index (χ1v) is 7.58. The van der Waals surface area contributed by atoms with Crippen LogP contribution in [0.1, 0.15) is 15.4 Å². The lowest BCUT2D eigenvalue weighted by Crippen LogP contribution is -2.11. The van der Waals surface area contributed by atoms with Gasteiger partial charge in [0.2, 0.25) is 0 Å². The van der Waals surface area contributed by atoms with E-state index < -0.39 is 0 Å². The van der Waals surface area contributed by atoms with Gasteiger partial charge in [-0.1, -0.05) is 36.4 Å². The van der Waals surface area contributed by atoms with Crippen LogP contribution < -0.4 is 5.32 Å². The largest absolute Gasteiger partial charge is 0.508 e. The molecule has 0 spiro atoms. The maximum Gasteiger partial charge on any atom is 0.267 e. The van der Waals surface area contributed by atoms with E-state index in [1.165, 1.54) is 17.4 Å². The van der Waals surface area contributed by atoms with Gasteiger partial charge in [-0.25, -0.2) is 4.98 Å². The van der Waals surface area contributed by atoms with Crippen molar-refractivity contribution in [3.05, 3.63) is 65.2 Å². The summed E-state index contributed by atoms with van der Waals surface area (Å²) in [5.74, 6) is -0.105. The smallest absolute Gasteiger partial charge is 0.267 e. The van der Waals surface area contributed by atoms with Crippen LogP contribution in [0.3, 0.4) is 0 Å². The Balaban J connectivity index is 1.86. The van der Waals surface area contributed by atoms with E-state index in [0.717, 1.165) is 10.6 Å². The predicted octanol–water partition coefficient (Wildman–Crippen LogP) is 4.08. The number of aryl methyl sites for hydroxylation is 1. The van der Waals surface area contributed by atoms with E-state index >= 15 is 0 Å². The lowest BCUT2D eigenvalue weighted by Gasteiger charge is -2.04. The zero-order chi connectivity index (χ0) is 15.5. The molecule has 5 heteroatoms. The van der Waals surface area contributed by atoms with E-state index in [4.69, 9.17) is 0 Å². The Morgan fingerprint density at radius 2 is 1.91 bits per heavy atom. The first-order valence-electron chi connectivity index (χ1n) is 6.77. The molecule has 1 heterocycles. The molecule has 110 valence electrons. The molecule has 0 saturated heterocycles. The lowest BCUT2D eigenvalue weighted by molar-refractivity contribution is 0.103. The number of nitrogens with zero attached hydrogens (tertiary/aromatic N) is 1. The highest BCUT2D eigenvalue weighted by molar-refractivity contribution is 7.17. The summed E-state index contributed by atoms with van der Waals surface area (Å²) in [6, 6.07) is 16.2. The molecule has 2 aromatic carbocycles. The Labute approximate surface area is 132 Å².